The van der Waals surface area contributed by atoms with E-state index in [1.807, 2.05) is 17.5 Å². The van der Waals surface area contributed by atoms with Gasteiger partial charge in [0.15, 0.2) is 0 Å². The quantitative estimate of drug-likeness (QED) is 0.834. The van der Waals surface area contributed by atoms with Crippen molar-refractivity contribution in [1.29, 1.82) is 4.78 Å². The van der Waals surface area contributed by atoms with Crippen LogP contribution < -0.4 is 0 Å². The number of benzene rings is 1. The molecular formula is C10H9NOS2. The van der Waals surface area contributed by atoms with Crippen LogP contribution in [-0.2, 0) is 9.73 Å². The third-order valence-corrected chi connectivity index (χ3v) is 5.15. The highest BCUT2D eigenvalue weighted by Crippen LogP contribution is 2.24. The van der Waals surface area contributed by atoms with E-state index in [0.29, 0.717) is 9.10 Å². The van der Waals surface area contributed by atoms with Crippen LogP contribution in [-0.4, -0.2) is 4.21 Å². The lowest BCUT2D eigenvalue weighted by molar-refractivity contribution is 0.676. The number of hydrogen-bond acceptors (Lipinski definition) is 3. The molecule has 1 aromatic heterocycles. The van der Waals surface area contributed by atoms with E-state index >= 15 is 0 Å². The van der Waals surface area contributed by atoms with E-state index in [9.17, 15) is 4.21 Å². The van der Waals surface area contributed by atoms with Crippen LogP contribution >= 0.6 is 11.3 Å². The fourth-order valence-corrected chi connectivity index (χ4v) is 3.64. The van der Waals surface area contributed by atoms with Gasteiger partial charge < -0.3 is 0 Å². The Kier molecular flexibility index (Phi) is 2.39. The number of nitrogens with one attached hydrogen (secondary N) is 1. The van der Waals surface area contributed by atoms with Crippen molar-refractivity contribution in [2.24, 2.45) is 0 Å². The van der Waals surface area contributed by atoms with Crippen LogP contribution in [0.3, 0.4) is 0 Å². The molecule has 0 aliphatic rings. The Morgan fingerprint density at radius 2 is 1.79 bits per heavy atom. The zero-order valence-corrected chi connectivity index (χ0v) is 8.98. The molecule has 0 radical (unpaired) electrons. The largest absolute Gasteiger partial charge is 0.244 e. The molecule has 0 spiro atoms. The van der Waals surface area contributed by atoms with E-state index in [1.165, 1.54) is 11.3 Å². The Hall–Kier alpha value is -1.13. The lowest BCUT2D eigenvalue weighted by atomic mass is 10.4. The Morgan fingerprint density at radius 1 is 1.07 bits per heavy atom. The summed E-state index contributed by atoms with van der Waals surface area (Å²) in [5.41, 5.74) is 0. The van der Waals surface area contributed by atoms with E-state index < -0.39 is 9.73 Å². The highest BCUT2D eigenvalue weighted by Gasteiger charge is 2.12. The molecule has 1 heterocycles. The minimum absolute atomic E-state index is 0.572. The van der Waals surface area contributed by atoms with Gasteiger partial charge in [0, 0.05) is 0 Å². The SMILES string of the molecule is N=S(=O)(c1ccccc1)c1cccs1. The average Bonchev–Trinajstić information content (AvgIpc) is 2.72. The predicted octanol–water partition coefficient (Wildman–Crippen LogP) is 3.21. The van der Waals surface area contributed by atoms with E-state index in [-0.39, 0.29) is 0 Å². The zero-order chi connectivity index (χ0) is 10.0. The van der Waals surface area contributed by atoms with Gasteiger partial charge in [-0.05, 0) is 23.6 Å². The number of rotatable bonds is 2. The Labute approximate surface area is 87.2 Å². The highest BCUT2D eigenvalue weighted by atomic mass is 32.2. The molecule has 0 bridgehead atoms. The van der Waals surface area contributed by atoms with Gasteiger partial charge in [-0.25, -0.2) is 8.99 Å². The Bertz CT molecular complexity index is 500. The Balaban J connectivity index is 2.55. The van der Waals surface area contributed by atoms with E-state index in [1.54, 1.807) is 30.3 Å². The molecule has 2 aromatic rings. The molecule has 2 nitrogen and oxygen atoms in total. The van der Waals surface area contributed by atoms with Crippen LogP contribution in [0.1, 0.15) is 0 Å². The molecule has 0 saturated heterocycles. The standard InChI is InChI=1S/C10H9NOS2/c11-14(12,10-7-4-8-13-10)9-5-2-1-3-6-9/h1-8,11H. The molecule has 2 rings (SSSR count). The summed E-state index contributed by atoms with van der Waals surface area (Å²) in [7, 11) is -2.78. The van der Waals surface area contributed by atoms with Gasteiger partial charge in [-0.15, -0.1) is 11.3 Å². The summed E-state index contributed by atoms with van der Waals surface area (Å²) in [6.45, 7) is 0. The van der Waals surface area contributed by atoms with Gasteiger partial charge in [-0.2, -0.15) is 0 Å². The first-order valence-corrected chi connectivity index (χ1v) is 6.52. The Morgan fingerprint density at radius 3 is 2.36 bits per heavy atom. The summed E-state index contributed by atoms with van der Waals surface area (Å²) in [5, 5.41) is 1.84. The predicted molar refractivity (Wildman–Crippen MR) is 58.2 cm³/mol. The van der Waals surface area contributed by atoms with Crippen LogP contribution in [0.4, 0.5) is 0 Å². The monoisotopic (exact) mass is 223 g/mol. The van der Waals surface area contributed by atoms with Gasteiger partial charge in [-0.1, -0.05) is 24.3 Å². The van der Waals surface area contributed by atoms with Crippen molar-refractivity contribution in [3.05, 3.63) is 47.8 Å². The van der Waals surface area contributed by atoms with Crippen molar-refractivity contribution in [2.45, 2.75) is 9.10 Å². The van der Waals surface area contributed by atoms with Crippen molar-refractivity contribution < 1.29 is 4.21 Å². The molecule has 72 valence electrons. The summed E-state index contributed by atoms with van der Waals surface area (Å²) in [5.74, 6) is 0. The van der Waals surface area contributed by atoms with Gasteiger partial charge >= 0.3 is 0 Å². The minimum atomic E-state index is -2.78. The molecule has 1 atom stereocenters. The lowest BCUT2D eigenvalue weighted by Gasteiger charge is -2.03. The molecular weight excluding hydrogens is 214 g/mol. The molecule has 4 heteroatoms. The van der Waals surface area contributed by atoms with Gasteiger partial charge in [0.25, 0.3) is 0 Å². The third-order valence-electron chi connectivity index (χ3n) is 1.85. The van der Waals surface area contributed by atoms with Crippen LogP contribution in [0.15, 0.2) is 56.9 Å². The first kappa shape index (κ1) is 9.43. The zero-order valence-electron chi connectivity index (χ0n) is 7.34. The van der Waals surface area contributed by atoms with Gasteiger partial charge in [0.2, 0.25) is 0 Å². The molecule has 1 N–H and O–H groups in total. The molecule has 14 heavy (non-hydrogen) atoms. The third kappa shape index (κ3) is 1.58. The first-order valence-electron chi connectivity index (χ1n) is 4.08. The molecule has 0 saturated carbocycles. The summed E-state index contributed by atoms with van der Waals surface area (Å²) < 4.78 is 20.6. The lowest BCUT2D eigenvalue weighted by Crippen LogP contribution is -1.96. The maximum atomic E-state index is 12.1. The van der Waals surface area contributed by atoms with Crippen LogP contribution in [0.25, 0.3) is 0 Å². The smallest absolute Gasteiger partial charge is 0.111 e. The summed E-state index contributed by atoms with van der Waals surface area (Å²) in [4.78, 5) is 0.572. The van der Waals surface area contributed by atoms with Crippen molar-refractivity contribution in [3.8, 4) is 0 Å². The molecule has 0 aliphatic carbocycles. The summed E-state index contributed by atoms with van der Waals surface area (Å²) >= 11 is 1.36. The first-order chi connectivity index (χ1) is 6.71. The minimum Gasteiger partial charge on any atom is -0.244 e. The maximum absolute atomic E-state index is 12.1. The average molecular weight is 223 g/mol. The second kappa shape index (κ2) is 3.55. The maximum Gasteiger partial charge on any atom is 0.111 e. The highest BCUT2D eigenvalue weighted by molar-refractivity contribution is 7.94. The van der Waals surface area contributed by atoms with Crippen LogP contribution in [0.2, 0.25) is 0 Å². The molecule has 1 aromatic carbocycles. The van der Waals surface area contributed by atoms with Crippen molar-refractivity contribution in [3.63, 3.8) is 0 Å². The molecule has 0 amide bonds. The number of hydrogen-bond donors (Lipinski definition) is 1. The topological polar surface area (TPSA) is 40.9 Å². The fourth-order valence-electron chi connectivity index (χ4n) is 1.16. The summed E-state index contributed by atoms with van der Waals surface area (Å²) in [6.07, 6.45) is 0. The van der Waals surface area contributed by atoms with Crippen molar-refractivity contribution in [1.82, 2.24) is 0 Å². The second-order valence-corrected chi connectivity index (χ2v) is 6.03. The van der Waals surface area contributed by atoms with Gasteiger partial charge in [-0.3, -0.25) is 0 Å². The van der Waals surface area contributed by atoms with Gasteiger partial charge in [0.1, 0.15) is 13.9 Å². The molecule has 1 unspecified atom stereocenters. The van der Waals surface area contributed by atoms with E-state index in [0.717, 1.165) is 0 Å². The van der Waals surface area contributed by atoms with E-state index in [2.05, 4.69) is 0 Å². The van der Waals surface area contributed by atoms with Gasteiger partial charge in [0.05, 0.1) is 4.90 Å². The normalized spacial score (nSPS) is 14.9. The van der Waals surface area contributed by atoms with Crippen molar-refractivity contribution >= 4 is 21.1 Å². The van der Waals surface area contributed by atoms with Crippen LogP contribution in [0, 0.1) is 4.78 Å². The van der Waals surface area contributed by atoms with Crippen molar-refractivity contribution in [2.75, 3.05) is 0 Å². The second-order valence-electron chi connectivity index (χ2n) is 2.80. The van der Waals surface area contributed by atoms with Crippen LogP contribution in [0.5, 0.6) is 0 Å². The molecule has 0 aliphatic heterocycles. The summed E-state index contributed by atoms with van der Waals surface area (Å²) in [6, 6.07) is 12.5. The number of thiophene rings is 1. The molecule has 0 fully saturated rings. The fraction of sp³-hybridized carbons (Fsp3) is 0. The van der Waals surface area contributed by atoms with E-state index in [4.69, 9.17) is 4.78 Å².